The summed E-state index contributed by atoms with van der Waals surface area (Å²) in [5.41, 5.74) is 0. The third-order valence-corrected chi connectivity index (χ3v) is 3.32. The smallest absolute Gasteiger partial charge is 0.243 e. The number of aryl methyl sites for hydroxylation is 2. The summed E-state index contributed by atoms with van der Waals surface area (Å²) < 4.78 is 4.55. The number of rotatable bonds is 11. The van der Waals surface area contributed by atoms with E-state index in [9.17, 15) is 0 Å². The van der Waals surface area contributed by atoms with E-state index in [-0.39, 0.29) is 0 Å². The monoisotopic (exact) mass is 280 g/mol. The number of unbranched alkanes of at least 4 members (excludes halogenated alkanes) is 1. The van der Waals surface area contributed by atoms with Gasteiger partial charge in [-0.05, 0) is 19.3 Å². The molecule has 0 aliphatic rings. The van der Waals surface area contributed by atoms with Gasteiger partial charge < -0.3 is 10.2 Å². The molecule has 114 valence electrons. The quantitative estimate of drug-likeness (QED) is 0.481. The van der Waals surface area contributed by atoms with Crippen molar-refractivity contribution in [3.8, 4) is 0 Å². The number of aromatic nitrogens is 2. The number of hydrogen-bond acceptors (Lipinski definition) is 1. The summed E-state index contributed by atoms with van der Waals surface area (Å²) in [6.45, 7) is 8.98. The summed E-state index contributed by atoms with van der Waals surface area (Å²) in [6, 6.07) is 0. The Labute approximate surface area is 124 Å². The Morgan fingerprint density at radius 2 is 2.10 bits per heavy atom. The fraction of sp³-hybridized carbons (Fsp3) is 0.688. The van der Waals surface area contributed by atoms with Gasteiger partial charge in [0.1, 0.15) is 18.6 Å². The fourth-order valence-corrected chi connectivity index (χ4v) is 2.25. The van der Waals surface area contributed by atoms with Crippen LogP contribution in [-0.2, 0) is 13.1 Å². The molecule has 20 heavy (non-hydrogen) atoms. The van der Waals surface area contributed by atoms with Crippen molar-refractivity contribution in [3.05, 3.63) is 31.1 Å². The molecule has 0 amide bonds. The van der Waals surface area contributed by atoms with Gasteiger partial charge in [-0.15, -0.1) is 0 Å². The van der Waals surface area contributed by atoms with E-state index >= 15 is 0 Å². The summed E-state index contributed by atoms with van der Waals surface area (Å²) in [4.78, 5) is 2.24. The van der Waals surface area contributed by atoms with Crippen molar-refractivity contribution in [1.29, 1.82) is 0 Å². The lowest BCUT2D eigenvalue weighted by Crippen LogP contribution is -2.78. The fourth-order valence-electron chi connectivity index (χ4n) is 2.25. The van der Waals surface area contributed by atoms with Crippen LogP contribution in [0, 0.1) is 0 Å². The van der Waals surface area contributed by atoms with E-state index in [0.717, 1.165) is 19.6 Å². The molecule has 0 aliphatic heterocycles. The van der Waals surface area contributed by atoms with Crippen LogP contribution in [0.15, 0.2) is 31.1 Å². The highest BCUT2D eigenvalue weighted by Gasteiger charge is 2.02. The van der Waals surface area contributed by atoms with Crippen LogP contribution in [0.5, 0.6) is 0 Å². The Kier molecular flexibility index (Phi) is 8.79. The van der Waals surface area contributed by atoms with Gasteiger partial charge in [0.15, 0.2) is 0 Å². The maximum absolute atomic E-state index is 2.29. The van der Waals surface area contributed by atoms with Crippen molar-refractivity contribution in [3.63, 3.8) is 0 Å². The molecule has 0 radical (unpaired) electrons. The van der Waals surface area contributed by atoms with Gasteiger partial charge in [0.05, 0.1) is 25.8 Å². The molecule has 1 aromatic rings. The lowest BCUT2D eigenvalue weighted by Gasteiger charge is -2.10. The van der Waals surface area contributed by atoms with Gasteiger partial charge in [-0.1, -0.05) is 13.8 Å². The molecule has 0 aliphatic carbocycles. The number of nitrogens with zero attached hydrogens (tertiary/aromatic N) is 3. The second-order valence-corrected chi connectivity index (χ2v) is 5.44. The van der Waals surface area contributed by atoms with Crippen LogP contribution in [0.4, 0.5) is 0 Å². The summed E-state index contributed by atoms with van der Waals surface area (Å²) >= 11 is 0. The van der Waals surface area contributed by atoms with Crippen molar-refractivity contribution in [2.45, 2.75) is 52.6 Å². The minimum atomic E-state index is 1.12. The van der Waals surface area contributed by atoms with Crippen molar-refractivity contribution in [2.75, 3.05) is 20.1 Å². The Bertz CT molecular complexity index is 370. The highest BCUT2D eigenvalue weighted by molar-refractivity contribution is 4.69. The number of nitrogens with two attached hydrogens (primary N) is 1. The SMILES string of the molecule is CCCN(C)/C=C\[NH2+]CCCCn1cc[n+](CCC)c1. The van der Waals surface area contributed by atoms with Crippen LogP contribution >= 0.6 is 0 Å². The molecule has 4 heteroatoms. The van der Waals surface area contributed by atoms with Gasteiger partial charge >= 0.3 is 0 Å². The molecule has 1 heterocycles. The average molecular weight is 280 g/mol. The number of imidazole rings is 1. The van der Waals surface area contributed by atoms with Gasteiger partial charge in [0.2, 0.25) is 6.33 Å². The minimum Gasteiger partial charge on any atom is -0.376 e. The predicted octanol–water partition coefficient (Wildman–Crippen LogP) is 1.34. The molecule has 0 atom stereocenters. The zero-order valence-electron chi connectivity index (χ0n) is 13.5. The van der Waals surface area contributed by atoms with Gasteiger partial charge in [-0.2, -0.15) is 0 Å². The molecule has 2 N–H and O–H groups in total. The van der Waals surface area contributed by atoms with E-state index in [0.29, 0.717) is 0 Å². The van der Waals surface area contributed by atoms with E-state index in [1.165, 1.54) is 32.2 Å². The highest BCUT2D eigenvalue weighted by Crippen LogP contribution is 1.93. The second-order valence-electron chi connectivity index (χ2n) is 5.44. The van der Waals surface area contributed by atoms with Crippen LogP contribution in [0.1, 0.15) is 39.5 Å². The van der Waals surface area contributed by atoms with Gasteiger partial charge in [0, 0.05) is 20.0 Å². The zero-order valence-corrected chi connectivity index (χ0v) is 13.5. The molecule has 1 rings (SSSR count). The van der Waals surface area contributed by atoms with Gasteiger partial charge in [-0.25, -0.2) is 9.13 Å². The first-order chi connectivity index (χ1) is 9.76. The van der Waals surface area contributed by atoms with Crippen LogP contribution in [0.25, 0.3) is 0 Å². The third-order valence-electron chi connectivity index (χ3n) is 3.32. The molecule has 0 unspecified atom stereocenters. The summed E-state index contributed by atoms with van der Waals surface area (Å²) in [5, 5.41) is 2.28. The van der Waals surface area contributed by atoms with Crippen molar-refractivity contribution in [1.82, 2.24) is 9.47 Å². The number of hydrogen-bond donors (Lipinski definition) is 1. The largest absolute Gasteiger partial charge is 0.376 e. The van der Waals surface area contributed by atoms with E-state index in [1.54, 1.807) is 0 Å². The first-order valence-corrected chi connectivity index (χ1v) is 8.01. The maximum Gasteiger partial charge on any atom is 0.243 e. The van der Waals surface area contributed by atoms with Crippen molar-refractivity contribution >= 4 is 0 Å². The molecule has 4 nitrogen and oxygen atoms in total. The van der Waals surface area contributed by atoms with E-state index in [1.807, 2.05) is 0 Å². The summed E-state index contributed by atoms with van der Waals surface area (Å²) in [5.74, 6) is 0. The normalized spacial score (nSPS) is 11.3. The Morgan fingerprint density at radius 1 is 1.25 bits per heavy atom. The first kappa shape index (κ1) is 16.8. The van der Waals surface area contributed by atoms with Crippen LogP contribution in [0.3, 0.4) is 0 Å². The van der Waals surface area contributed by atoms with Gasteiger partial charge in [-0.3, -0.25) is 0 Å². The highest BCUT2D eigenvalue weighted by atomic mass is 15.1. The summed E-state index contributed by atoms with van der Waals surface area (Å²) in [6.07, 6.45) is 15.8. The zero-order chi connectivity index (χ0) is 14.6. The van der Waals surface area contributed by atoms with Gasteiger partial charge in [0.25, 0.3) is 0 Å². The number of quaternary nitrogens is 1. The lowest BCUT2D eigenvalue weighted by molar-refractivity contribution is -0.696. The molecule has 0 saturated carbocycles. The molecular formula is C16H32N4+2. The molecule has 0 bridgehead atoms. The standard InChI is InChI=1S/C16H31N4/c1-4-10-18(3)13-9-17-8-6-7-12-20-15-14-19(16-20)11-5-2/h9,13-17H,4-8,10-12H2,1-3H3/q+1/p+1/b13-9-. The van der Waals surface area contributed by atoms with Crippen molar-refractivity contribution < 1.29 is 9.88 Å². The Morgan fingerprint density at radius 3 is 2.85 bits per heavy atom. The molecular weight excluding hydrogens is 248 g/mol. The van der Waals surface area contributed by atoms with Crippen LogP contribution < -0.4 is 9.88 Å². The Hall–Kier alpha value is -1.29. The molecule has 1 aromatic heterocycles. The average Bonchev–Trinajstić information content (AvgIpc) is 2.86. The molecule has 0 saturated heterocycles. The Balaban J connectivity index is 2.04. The van der Waals surface area contributed by atoms with E-state index in [2.05, 4.69) is 71.4 Å². The molecule has 0 aromatic carbocycles. The van der Waals surface area contributed by atoms with Crippen LogP contribution in [-0.4, -0.2) is 29.6 Å². The minimum absolute atomic E-state index is 1.12. The molecule has 0 spiro atoms. The first-order valence-electron chi connectivity index (χ1n) is 8.01. The molecule has 0 fully saturated rings. The van der Waals surface area contributed by atoms with Crippen LogP contribution in [0.2, 0.25) is 0 Å². The van der Waals surface area contributed by atoms with Crippen molar-refractivity contribution in [2.24, 2.45) is 0 Å². The predicted molar refractivity (Wildman–Crippen MR) is 83.0 cm³/mol. The lowest BCUT2D eigenvalue weighted by atomic mass is 10.3. The van der Waals surface area contributed by atoms with E-state index < -0.39 is 0 Å². The maximum atomic E-state index is 2.29. The third kappa shape index (κ3) is 7.34. The van der Waals surface area contributed by atoms with E-state index in [4.69, 9.17) is 0 Å². The topological polar surface area (TPSA) is 28.7 Å². The second kappa shape index (κ2) is 10.5. The summed E-state index contributed by atoms with van der Waals surface area (Å²) in [7, 11) is 2.13.